The third-order valence-electron chi connectivity index (χ3n) is 2.78. The van der Waals surface area contributed by atoms with E-state index in [2.05, 4.69) is 15.6 Å². The van der Waals surface area contributed by atoms with E-state index in [-0.39, 0.29) is 0 Å². The van der Waals surface area contributed by atoms with Gasteiger partial charge in [-0.15, -0.1) is 0 Å². The van der Waals surface area contributed by atoms with E-state index < -0.39 is 0 Å². The van der Waals surface area contributed by atoms with Gasteiger partial charge in [0.05, 0.1) is 0 Å². The molecule has 1 fully saturated rings. The minimum atomic E-state index is 0.520. The van der Waals surface area contributed by atoms with E-state index >= 15 is 0 Å². The molecule has 1 unspecified atom stereocenters. The van der Waals surface area contributed by atoms with Crippen molar-refractivity contribution < 1.29 is 0 Å². The number of nitrogens with zero attached hydrogens (tertiary/aromatic N) is 1. The highest BCUT2D eigenvalue weighted by Gasteiger charge is 2.13. The predicted octanol–water partition coefficient (Wildman–Crippen LogP) is 0.704. The summed E-state index contributed by atoms with van der Waals surface area (Å²) in [5.41, 5.74) is 7.87. The largest absolute Gasteiger partial charge is 0.381 e. The SMILES string of the molecule is NCc1cnccc1NC1CCCNC1. The van der Waals surface area contributed by atoms with Crippen LogP contribution < -0.4 is 16.4 Å². The summed E-state index contributed by atoms with van der Waals surface area (Å²) in [7, 11) is 0. The Morgan fingerprint density at radius 2 is 2.53 bits per heavy atom. The molecule has 15 heavy (non-hydrogen) atoms. The lowest BCUT2D eigenvalue weighted by molar-refractivity contribution is 0.479. The Morgan fingerprint density at radius 1 is 1.60 bits per heavy atom. The Balaban J connectivity index is 2.02. The van der Waals surface area contributed by atoms with Crippen LogP contribution in [0.5, 0.6) is 0 Å². The Hall–Kier alpha value is -1.13. The summed E-state index contributed by atoms with van der Waals surface area (Å²) in [6.45, 7) is 2.71. The van der Waals surface area contributed by atoms with Crippen molar-refractivity contribution >= 4 is 5.69 Å². The molecule has 4 nitrogen and oxygen atoms in total. The van der Waals surface area contributed by atoms with Crippen molar-refractivity contribution in [3.63, 3.8) is 0 Å². The fraction of sp³-hybridized carbons (Fsp3) is 0.545. The summed E-state index contributed by atoms with van der Waals surface area (Å²) >= 11 is 0. The van der Waals surface area contributed by atoms with Gasteiger partial charge in [-0.3, -0.25) is 4.98 Å². The fourth-order valence-electron chi connectivity index (χ4n) is 1.93. The van der Waals surface area contributed by atoms with Crippen LogP contribution in [0.3, 0.4) is 0 Å². The zero-order valence-corrected chi connectivity index (χ0v) is 8.87. The summed E-state index contributed by atoms with van der Waals surface area (Å²) in [4.78, 5) is 4.07. The molecule has 2 rings (SSSR count). The van der Waals surface area contributed by atoms with Crippen molar-refractivity contribution in [2.24, 2.45) is 5.73 Å². The number of hydrogen-bond donors (Lipinski definition) is 3. The molecule has 1 aromatic rings. The quantitative estimate of drug-likeness (QED) is 0.681. The number of hydrogen-bond acceptors (Lipinski definition) is 4. The highest BCUT2D eigenvalue weighted by atomic mass is 15.0. The molecule has 1 aromatic heterocycles. The smallest absolute Gasteiger partial charge is 0.0419 e. The number of aromatic nitrogens is 1. The van der Waals surface area contributed by atoms with Crippen molar-refractivity contribution in [2.45, 2.75) is 25.4 Å². The van der Waals surface area contributed by atoms with Gasteiger partial charge >= 0.3 is 0 Å². The number of nitrogens with one attached hydrogen (secondary N) is 2. The van der Waals surface area contributed by atoms with Crippen LogP contribution in [-0.4, -0.2) is 24.1 Å². The molecule has 2 heterocycles. The normalized spacial score (nSPS) is 21.3. The van der Waals surface area contributed by atoms with E-state index in [0.29, 0.717) is 12.6 Å². The van der Waals surface area contributed by atoms with E-state index in [1.54, 1.807) is 6.20 Å². The Kier molecular flexibility index (Phi) is 3.53. The molecule has 0 aromatic carbocycles. The zero-order valence-electron chi connectivity index (χ0n) is 8.87. The lowest BCUT2D eigenvalue weighted by atomic mass is 10.1. The van der Waals surface area contributed by atoms with E-state index in [1.165, 1.54) is 12.8 Å². The molecule has 0 aliphatic carbocycles. The van der Waals surface area contributed by atoms with Gasteiger partial charge in [-0.1, -0.05) is 0 Å². The van der Waals surface area contributed by atoms with Crippen LogP contribution in [0, 0.1) is 0 Å². The third-order valence-corrected chi connectivity index (χ3v) is 2.78. The first-order chi connectivity index (χ1) is 7.40. The van der Waals surface area contributed by atoms with Crippen molar-refractivity contribution in [3.8, 4) is 0 Å². The number of rotatable bonds is 3. The van der Waals surface area contributed by atoms with Crippen molar-refractivity contribution in [2.75, 3.05) is 18.4 Å². The van der Waals surface area contributed by atoms with Gasteiger partial charge in [0.1, 0.15) is 0 Å². The first-order valence-corrected chi connectivity index (χ1v) is 5.50. The molecule has 82 valence electrons. The van der Waals surface area contributed by atoms with Crippen LogP contribution in [0.2, 0.25) is 0 Å². The average molecular weight is 206 g/mol. The minimum absolute atomic E-state index is 0.520. The van der Waals surface area contributed by atoms with Gasteiger partial charge in [-0.25, -0.2) is 0 Å². The first-order valence-electron chi connectivity index (χ1n) is 5.50. The molecule has 4 heteroatoms. The standard InChI is InChI=1S/C11H18N4/c12-6-9-7-14-5-3-11(9)15-10-2-1-4-13-8-10/h3,5,7,10,13H,1-2,4,6,8,12H2,(H,14,15). The summed E-state index contributed by atoms with van der Waals surface area (Å²) in [5.74, 6) is 0. The second-order valence-electron chi connectivity index (χ2n) is 3.92. The van der Waals surface area contributed by atoms with Crippen LogP contribution in [-0.2, 0) is 6.54 Å². The monoisotopic (exact) mass is 206 g/mol. The minimum Gasteiger partial charge on any atom is -0.381 e. The lowest BCUT2D eigenvalue weighted by Gasteiger charge is -2.25. The molecule has 0 radical (unpaired) electrons. The molecule has 0 spiro atoms. The molecule has 0 amide bonds. The summed E-state index contributed by atoms with van der Waals surface area (Å²) in [6, 6.07) is 2.52. The Labute approximate surface area is 90.3 Å². The lowest BCUT2D eigenvalue weighted by Crippen LogP contribution is -2.38. The summed E-state index contributed by atoms with van der Waals surface area (Å²) < 4.78 is 0. The van der Waals surface area contributed by atoms with Gasteiger partial charge in [0.2, 0.25) is 0 Å². The molecule has 1 atom stereocenters. The maximum absolute atomic E-state index is 5.66. The molecule has 0 bridgehead atoms. The summed E-state index contributed by atoms with van der Waals surface area (Å²) in [5, 5.41) is 6.90. The molecular weight excluding hydrogens is 188 g/mol. The molecule has 4 N–H and O–H groups in total. The molecule has 1 aliphatic rings. The van der Waals surface area contributed by atoms with Crippen LogP contribution in [0.25, 0.3) is 0 Å². The molecular formula is C11H18N4. The van der Waals surface area contributed by atoms with Gasteiger partial charge in [-0.05, 0) is 25.5 Å². The number of pyridine rings is 1. The van der Waals surface area contributed by atoms with Crippen LogP contribution in [0.15, 0.2) is 18.5 Å². The number of anilines is 1. The van der Waals surface area contributed by atoms with E-state index in [0.717, 1.165) is 24.3 Å². The van der Waals surface area contributed by atoms with E-state index in [1.807, 2.05) is 12.3 Å². The maximum Gasteiger partial charge on any atom is 0.0419 e. The molecule has 0 saturated carbocycles. The maximum atomic E-state index is 5.66. The second-order valence-corrected chi connectivity index (χ2v) is 3.92. The Bertz CT molecular complexity index is 307. The van der Waals surface area contributed by atoms with Crippen LogP contribution in [0.4, 0.5) is 5.69 Å². The zero-order chi connectivity index (χ0) is 10.5. The first kappa shape index (κ1) is 10.4. The molecule has 1 saturated heterocycles. The van der Waals surface area contributed by atoms with Gasteiger partial charge in [0.15, 0.2) is 0 Å². The summed E-state index contributed by atoms with van der Waals surface area (Å²) in [6.07, 6.45) is 6.09. The van der Waals surface area contributed by atoms with E-state index in [9.17, 15) is 0 Å². The van der Waals surface area contributed by atoms with Gasteiger partial charge in [-0.2, -0.15) is 0 Å². The van der Waals surface area contributed by atoms with Crippen LogP contribution in [0.1, 0.15) is 18.4 Å². The molecule has 1 aliphatic heterocycles. The highest BCUT2D eigenvalue weighted by molar-refractivity contribution is 5.50. The van der Waals surface area contributed by atoms with Crippen molar-refractivity contribution in [1.82, 2.24) is 10.3 Å². The third kappa shape index (κ3) is 2.67. The van der Waals surface area contributed by atoms with Crippen LogP contribution >= 0.6 is 0 Å². The number of piperidine rings is 1. The highest BCUT2D eigenvalue weighted by Crippen LogP contribution is 2.16. The van der Waals surface area contributed by atoms with Gasteiger partial charge < -0.3 is 16.4 Å². The van der Waals surface area contributed by atoms with Gasteiger partial charge in [0.25, 0.3) is 0 Å². The van der Waals surface area contributed by atoms with Gasteiger partial charge in [0, 0.05) is 42.8 Å². The predicted molar refractivity (Wildman–Crippen MR) is 61.6 cm³/mol. The van der Waals surface area contributed by atoms with E-state index in [4.69, 9.17) is 5.73 Å². The van der Waals surface area contributed by atoms with Crippen molar-refractivity contribution in [3.05, 3.63) is 24.0 Å². The average Bonchev–Trinajstić information content (AvgIpc) is 2.31. The number of nitrogens with two attached hydrogens (primary N) is 1. The topological polar surface area (TPSA) is 63.0 Å². The van der Waals surface area contributed by atoms with Crippen molar-refractivity contribution in [1.29, 1.82) is 0 Å². The fourth-order valence-corrected chi connectivity index (χ4v) is 1.93. The second kappa shape index (κ2) is 5.09. The Morgan fingerprint density at radius 3 is 3.27 bits per heavy atom.